The molecule has 0 radical (unpaired) electrons. The van der Waals surface area contributed by atoms with E-state index in [0.29, 0.717) is 18.0 Å². The third-order valence-electron chi connectivity index (χ3n) is 3.52. The second-order valence-electron chi connectivity index (χ2n) is 4.88. The third kappa shape index (κ3) is 3.08. The van der Waals surface area contributed by atoms with Crippen molar-refractivity contribution in [2.45, 2.75) is 12.0 Å². The number of carboxylic acids is 1. The molecule has 1 atom stereocenters. The minimum atomic E-state index is -1.36. The number of aliphatic carboxylic acids is 1. The first kappa shape index (κ1) is 15.1. The van der Waals surface area contributed by atoms with E-state index in [2.05, 4.69) is 5.32 Å². The molecule has 1 aromatic rings. The fraction of sp³-hybridized carbons (Fsp3) is 0.429. The zero-order chi connectivity index (χ0) is 15.5. The predicted molar refractivity (Wildman–Crippen MR) is 75.7 cm³/mol. The number of benzene rings is 1. The Morgan fingerprint density at radius 2 is 2.24 bits per heavy atom. The summed E-state index contributed by atoms with van der Waals surface area (Å²) in [5.41, 5.74) is -0.754. The van der Waals surface area contributed by atoms with Crippen molar-refractivity contribution in [1.29, 1.82) is 0 Å². The molecule has 21 heavy (non-hydrogen) atoms. The summed E-state index contributed by atoms with van der Waals surface area (Å²) in [5, 5.41) is 11.9. The third-order valence-corrected chi connectivity index (χ3v) is 3.52. The van der Waals surface area contributed by atoms with Crippen LogP contribution in [0.3, 0.4) is 0 Å². The number of hydrogen-bond acceptors (Lipinski definition) is 4. The first-order chi connectivity index (χ1) is 9.98. The van der Waals surface area contributed by atoms with E-state index in [1.54, 1.807) is 31.3 Å². The minimum absolute atomic E-state index is 0.0278. The van der Waals surface area contributed by atoms with Crippen molar-refractivity contribution < 1.29 is 24.2 Å². The summed E-state index contributed by atoms with van der Waals surface area (Å²) in [6.07, 6.45) is 0.250. The number of ether oxygens (including phenoxy) is 2. The fourth-order valence-corrected chi connectivity index (χ4v) is 2.11. The van der Waals surface area contributed by atoms with Gasteiger partial charge in [-0.05, 0) is 12.1 Å². The molecule has 1 unspecified atom stereocenters. The van der Waals surface area contributed by atoms with Crippen LogP contribution < -0.4 is 15.0 Å². The van der Waals surface area contributed by atoms with Crippen LogP contribution in [0.25, 0.3) is 0 Å². The highest BCUT2D eigenvalue weighted by Gasteiger charge is 2.44. The highest BCUT2D eigenvalue weighted by Crippen LogP contribution is 2.22. The Morgan fingerprint density at radius 1 is 1.48 bits per heavy atom. The van der Waals surface area contributed by atoms with Gasteiger partial charge in [-0.2, -0.15) is 0 Å². The van der Waals surface area contributed by atoms with Gasteiger partial charge in [-0.15, -0.1) is 0 Å². The lowest BCUT2D eigenvalue weighted by atomic mass is 9.99. The molecule has 0 saturated carbocycles. The van der Waals surface area contributed by atoms with E-state index in [0.717, 1.165) is 0 Å². The SMILES string of the molecule is COc1cccc(N(C)C(=O)NC2(C(=O)O)CCOC2)c1. The zero-order valence-electron chi connectivity index (χ0n) is 12.0. The van der Waals surface area contributed by atoms with Crippen LogP contribution in [0.15, 0.2) is 24.3 Å². The van der Waals surface area contributed by atoms with Crippen LogP contribution in [0.1, 0.15) is 6.42 Å². The topological polar surface area (TPSA) is 88.1 Å². The second kappa shape index (κ2) is 6.01. The minimum Gasteiger partial charge on any atom is -0.497 e. The number of nitrogens with one attached hydrogen (secondary N) is 1. The smallest absolute Gasteiger partial charge is 0.332 e. The summed E-state index contributed by atoms with van der Waals surface area (Å²) >= 11 is 0. The number of carboxylic acid groups (broad SMARTS) is 1. The average Bonchev–Trinajstić information content (AvgIpc) is 2.96. The highest BCUT2D eigenvalue weighted by molar-refractivity contribution is 5.95. The van der Waals surface area contributed by atoms with E-state index in [9.17, 15) is 14.7 Å². The molecule has 0 aromatic heterocycles. The van der Waals surface area contributed by atoms with Crippen LogP contribution in [-0.2, 0) is 9.53 Å². The lowest BCUT2D eigenvalue weighted by molar-refractivity contribution is -0.144. The Morgan fingerprint density at radius 3 is 2.81 bits per heavy atom. The molecular formula is C14H18N2O5. The molecule has 1 aliphatic heterocycles. The van der Waals surface area contributed by atoms with Crippen molar-refractivity contribution in [3.8, 4) is 5.75 Å². The maximum Gasteiger partial charge on any atom is 0.332 e. The molecule has 1 heterocycles. The molecule has 0 aliphatic carbocycles. The Kier molecular flexibility index (Phi) is 4.32. The first-order valence-electron chi connectivity index (χ1n) is 6.49. The summed E-state index contributed by atoms with van der Waals surface area (Å²) < 4.78 is 10.2. The van der Waals surface area contributed by atoms with Crippen LogP contribution in [0, 0.1) is 0 Å². The van der Waals surface area contributed by atoms with Crippen molar-refractivity contribution in [1.82, 2.24) is 5.32 Å². The molecular weight excluding hydrogens is 276 g/mol. The van der Waals surface area contributed by atoms with Gasteiger partial charge in [0.1, 0.15) is 5.75 Å². The van der Waals surface area contributed by atoms with Gasteiger partial charge >= 0.3 is 12.0 Å². The maximum absolute atomic E-state index is 12.3. The molecule has 7 heteroatoms. The lowest BCUT2D eigenvalue weighted by Gasteiger charge is -2.27. The molecule has 7 nitrogen and oxygen atoms in total. The van der Waals surface area contributed by atoms with Crippen molar-refractivity contribution >= 4 is 17.7 Å². The number of methoxy groups -OCH3 is 1. The molecule has 2 rings (SSSR count). The standard InChI is InChI=1S/C14H18N2O5/c1-16(10-4-3-5-11(8-10)20-2)13(19)15-14(12(17)18)6-7-21-9-14/h3-5,8H,6-7,9H2,1-2H3,(H,15,19)(H,17,18). The summed E-state index contributed by atoms with van der Waals surface area (Å²) in [5.74, 6) is -0.475. The van der Waals surface area contributed by atoms with Crippen molar-refractivity contribution in [2.24, 2.45) is 0 Å². The van der Waals surface area contributed by atoms with E-state index in [1.165, 1.54) is 12.0 Å². The Balaban J connectivity index is 2.13. The average molecular weight is 294 g/mol. The van der Waals surface area contributed by atoms with Crippen LogP contribution in [0.4, 0.5) is 10.5 Å². The number of hydrogen-bond donors (Lipinski definition) is 2. The quantitative estimate of drug-likeness (QED) is 0.867. The van der Waals surface area contributed by atoms with Gasteiger partial charge in [-0.25, -0.2) is 9.59 Å². The number of urea groups is 1. The van der Waals surface area contributed by atoms with E-state index < -0.39 is 17.5 Å². The van der Waals surface area contributed by atoms with E-state index >= 15 is 0 Å². The summed E-state index contributed by atoms with van der Waals surface area (Å²) in [7, 11) is 3.10. The maximum atomic E-state index is 12.3. The summed E-state index contributed by atoms with van der Waals surface area (Å²) in [6.45, 7) is 0.287. The second-order valence-corrected chi connectivity index (χ2v) is 4.88. The van der Waals surface area contributed by atoms with Crippen molar-refractivity contribution in [3.63, 3.8) is 0 Å². The highest BCUT2D eigenvalue weighted by atomic mass is 16.5. The van der Waals surface area contributed by atoms with Crippen LogP contribution in [0.2, 0.25) is 0 Å². The molecule has 0 spiro atoms. The Bertz CT molecular complexity index is 540. The van der Waals surface area contributed by atoms with Gasteiger partial charge in [0.2, 0.25) is 0 Å². The molecule has 2 amide bonds. The largest absolute Gasteiger partial charge is 0.497 e. The van der Waals surface area contributed by atoms with Crippen LogP contribution in [-0.4, -0.2) is 50.0 Å². The molecule has 1 saturated heterocycles. The monoisotopic (exact) mass is 294 g/mol. The predicted octanol–water partition coefficient (Wildman–Crippen LogP) is 1.08. The first-order valence-corrected chi connectivity index (χ1v) is 6.49. The molecule has 1 fully saturated rings. The molecule has 2 N–H and O–H groups in total. The van der Waals surface area contributed by atoms with Gasteiger partial charge in [-0.1, -0.05) is 6.07 Å². The number of nitrogens with zero attached hydrogens (tertiary/aromatic N) is 1. The van der Waals surface area contributed by atoms with Crippen molar-refractivity contribution in [2.75, 3.05) is 32.3 Å². The van der Waals surface area contributed by atoms with Gasteiger partial charge in [0.15, 0.2) is 5.54 Å². The number of carbonyl (C=O) groups is 2. The molecule has 0 bridgehead atoms. The van der Waals surface area contributed by atoms with Crippen LogP contribution in [0.5, 0.6) is 5.75 Å². The Labute approximate surface area is 122 Å². The number of rotatable bonds is 4. The summed E-state index contributed by atoms with van der Waals surface area (Å²) in [4.78, 5) is 25.0. The molecule has 1 aliphatic rings. The fourth-order valence-electron chi connectivity index (χ4n) is 2.11. The van der Waals surface area contributed by atoms with Gasteiger partial charge in [0.05, 0.1) is 13.7 Å². The lowest BCUT2D eigenvalue weighted by Crippen LogP contribution is -2.58. The molecule has 114 valence electrons. The Hall–Kier alpha value is -2.28. The van der Waals surface area contributed by atoms with Gasteiger partial charge in [0, 0.05) is 31.8 Å². The van der Waals surface area contributed by atoms with Gasteiger partial charge in [-0.3, -0.25) is 4.90 Å². The van der Waals surface area contributed by atoms with Crippen molar-refractivity contribution in [3.05, 3.63) is 24.3 Å². The number of carbonyl (C=O) groups excluding carboxylic acids is 1. The van der Waals surface area contributed by atoms with E-state index in [4.69, 9.17) is 9.47 Å². The number of anilines is 1. The normalized spacial score (nSPS) is 20.9. The molecule has 1 aromatic carbocycles. The van der Waals surface area contributed by atoms with Gasteiger partial charge < -0.3 is 19.9 Å². The summed E-state index contributed by atoms with van der Waals surface area (Å²) in [6, 6.07) is 6.44. The zero-order valence-corrected chi connectivity index (χ0v) is 12.0. The van der Waals surface area contributed by atoms with E-state index in [-0.39, 0.29) is 13.0 Å². The van der Waals surface area contributed by atoms with Crippen LogP contribution >= 0.6 is 0 Å². The van der Waals surface area contributed by atoms with Gasteiger partial charge in [0.25, 0.3) is 0 Å². The van der Waals surface area contributed by atoms with E-state index in [1.807, 2.05) is 0 Å². The number of amides is 2.